The molecule has 0 aromatic carbocycles. The molecule has 0 aliphatic carbocycles. The average Bonchev–Trinajstić information content (AvgIpc) is 2.36. The van der Waals surface area contributed by atoms with E-state index in [1.54, 1.807) is 13.8 Å². The van der Waals surface area contributed by atoms with Crippen LogP contribution in [0.1, 0.15) is 33.3 Å². The summed E-state index contributed by atoms with van der Waals surface area (Å²) in [6.07, 6.45) is 2.59. The first-order valence-corrected chi connectivity index (χ1v) is 6.43. The van der Waals surface area contributed by atoms with Crippen molar-refractivity contribution in [1.82, 2.24) is 10.3 Å². The lowest BCUT2D eigenvalue weighted by Gasteiger charge is -2.29. The Hall–Kier alpha value is -1.49. The molecule has 0 aliphatic rings. The van der Waals surface area contributed by atoms with Crippen molar-refractivity contribution in [3.63, 3.8) is 0 Å². The predicted octanol–water partition coefficient (Wildman–Crippen LogP) is 2.24. The van der Waals surface area contributed by atoms with Gasteiger partial charge in [0.05, 0.1) is 12.8 Å². The zero-order chi connectivity index (χ0) is 14.5. The maximum Gasteiger partial charge on any atom is 0.330 e. The molecule has 106 valence electrons. The first kappa shape index (κ1) is 15.6. The van der Waals surface area contributed by atoms with E-state index in [1.165, 1.54) is 12.3 Å². The van der Waals surface area contributed by atoms with E-state index in [9.17, 15) is 9.18 Å². The normalized spacial score (nSPS) is 14.2. The SMILES string of the molecule is CCOC(=O)C(C)(NCC(C)C)c1cncc(F)c1. The second-order valence-corrected chi connectivity index (χ2v) is 5.01. The predicted molar refractivity (Wildman–Crippen MR) is 71.0 cm³/mol. The minimum Gasteiger partial charge on any atom is -0.464 e. The molecule has 0 saturated carbocycles. The largest absolute Gasteiger partial charge is 0.464 e. The van der Waals surface area contributed by atoms with Gasteiger partial charge in [-0.1, -0.05) is 13.8 Å². The molecule has 0 amide bonds. The van der Waals surface area contributed by atoms with Gasteiger partial charge in [-0.3, -0.25) is 10.3 Å². The van der Waals surface area contributed by atoms with E-state index >= 15 is 0 Å². The third-order valence-electron chi connectivity index (χ3n) is 2.83. The minimum atomic E-state index is -1.09. The number of halogens is 1. The van der Waals surface area contributed by atoms with Crippen LogP contribution in [0.3, 0.4) is 0 Å². The zero-order valence-electron chi connectivity index (χ0n) is 11.9. The number of nitrogens with one attached hydrogen (secondary N) is 1. The van der Waals surface area contributed by atoms with Crippen molar-refractivity contribution in [1.29, 1.82) is 0 Å². The third-order valence-corrected chi connectivity index (χ3v) is 2.83. The molecule has 0 saturated heterocycles. The summed E-state index contributed by atoms with van der Waals surface area (Å²) >= 11 is 0. The first-order valence-electron chi connectivity index (χ1n) is 6.43. The number of ether oxygens (including phenoxy) is 1. The van der Waals surface area contributed by atoms with Crippen LogP contribution < -0.4 is 5.32 Å². The standard InChI is InChI=1S/C14H21FN2O2/c1-5-19-13(18)14(4,17-7-10(2)3)11-6-12(15)9-16-8-11/h6,8-10,17H,5,7H2,1-4H3. The van der Waals surface area contributed by atoms with Gasteiger partial charge >= 0.3 is 5.97 Å². The summed E-state index contributed by atoms with van der Waals surface area (Å²) in [5, 5.41) is 3.14. The minimum absolute atomic E-state index is 0.278. The van der Waals surface area contributed by atoms with Crippen LogP contribution >= 0.6 is 0 Å². The summed E-state index contributed by atoms with van der Waals surface area (Å²) in [5.74, 6) is -0.544. The van der Waals surface area contributed by atoms with Crippen LogP contribution in [-0.2, 0) is 15.1 Å². The quantitative estimate of drug-likeness (QED) is 0.804. The van der Waals surface area contributed by atoms with Crippen molar-refractivity contribution in [3.8, 4) is 0 Å². The summed E-state index contributed by atoms with van der Waals surface area (Å²) in [7, 11) is 0. The van der Waals surface area contributed by atoms with Crippen molar-refractivity contribution in [3.05, 3.63) is 29.8 Å². The molecule has 19 heavy (non-hydrogen) atoms. The fourth-order valence-corrected chi connectivity index (χ4v) is 1.66. The number of nitrogens with zero attached hydrogens (tertiary/aromatic N) is 1. The highest BCUT2D eigenvalue weighted by Gasteiger charge is 2.37. The summed E-state index contributed by atoms with van der Waals surface area (Å²) in [6, 6.07) is 1.30. The van der Waals surface area contributed by atoms with Gasteiger partial charge in [-0.2, -0.15) is 0 Å². The van der Waals surface area contributed by atoms with Crippen molar-refractivity contribution in [2.75, 3.05) is 13.2 Å². The number of aromatic nitrogens is 1. The summed E-state index contributed by atoms with van der Waals surface area (Å²) in [5.41, 5.74) is -0.623. The van der Waals surface area contributed by atoms with Gasteiger partial charge in [-0.05, 0) is 32.4 Å². The molecule has 4 nitrogen and oxygen atoms in total. The second-order valence-electron chi connectivity index (χ2n) is 5.01. The molecule has 1 rings (SSSR count). The Labute approximate surface area is 113 Å². The molecule has 0 fully saturated rings. The van der Waals surface area contributed by atoms with Gasteiger partial charge in [0.2, 0.25) is 0 Å². The van der Waals surface area contributed by atoms with Crippen molar-refractivity contribution in [2.45, 2.75) is 33.2 Å². The smallest absolute Gasteiger partial charge is 0.330 e. The number of pyridine rings is 1. The average molecular weight is 268 g/mol. The van der Waals surface area contributed by atoms with Gasteiger partial charge in [0.15, 0.2) is 0 Å². The molecule has 1 N–H and O–H groups in total. The second kappa shape index (κ2) is 6.61. The Bertz CT molecular complexity index is 437. The van der Waals surface area contributed by atoms with Gasteiger partial charge in [-0.25, -0.2) is 9.18 Å². The molecule has 1 atom stereocenters. The Morgan fingerprint density at radius 1 is 1.53 bits per heavy atom. The summed E-state index contributed by atoms with van der Waals surface area (Å²) in [6.45, 7) is 8.38. The Balaban J connectivity index is 3.06. The lowest BCUT2D eigenvalue weighted by atomic mass is 9.92. The molecular weight excluding hydrogens is 247 g/mol. The third kappa shape index (κ3) is 3.99. The van der Waals surface area contributed by atoms with Crippen LogP contribution in [0.4, 0.5) is 4.39 Å². The fraction of sp³-hybridized carbons (Fsp3) is 0.571. The van der Waals surface area contributed by atoms with Gasteiger partial charge in [0.25, 0.3) is 0 Å². The summed E-state index contributed by atoms with van der Waals surface area (Å²) < 4.78 is 18.4. The zero-order valence-corrected chi connectivity index (χ0v) is 11.9. The molecule has 1 aromatic rings. The first-order chi connectivity index (χ1) is 8.90. The number of esters is 1. The molecular formula is C14H21FN2O2. The topological polar surface area (TPSA) is 51.2 Å². The number of hydrogen-bond donors (Lipinski definition) is 1. The molecule has 0 spiro atoms. The van der Waals surface area contributed by atoms with Crippen molar-refractivity contribution in [2.24, 2.45) is 5.92 Å². The van der Waals surface area contributed by atoms with E-state index in [4.69, 9.17) is 4.74 Å². The van der Waals surface area contributed by atoms with E-state index in [0.717, 1.165) is 6.20 Å². The highest BCUT2D eigenvalue weighted by atomic mass is 19.1. The lowest BCUT2D eigenvalue weighted by Crippen LogP contribution is -2.49. The lowest BCUT2D eigenvalue weighted by molar-refractivity contribution is -0.151. The van der Waals surface area contributed by atoms with Crippen molar-refractivity contribution < 1.29 is 13.9 Å². The van der Waals surface area contributed by atoms with E-state index < -0.39 is 17.3 Å². The Morgan fingerprint density at radius 2 is 2.21 bits per heavy atom. The maximum atomic E-state index is 13.3. The number of carbonyl (C=O) groups is 1. The van der Waals surface area contributed by atoms with Crippen LogP contribution in [0.2, 0.25) is 0 Å². The highest BCUT2D eigenvalue weighted by Crippen LogP contribution is 2.23. The van der Waals surface area contributed by atoms with Crippen LogP contribution in [0.5, 0.6) is 0 Å². The summed E-state index contributed by atoms with van der Waals surface area (Å²) in [4.78, 5) is 16.0. The molecule has 1 aromatic heterocycles. The molecule has 5 heteroatoms. The van der Waals surface area contributed by atoms with E-state index in [-0.39, 0.29) is 6.61 Å². The Kier molecular flexibility index (Phi) is 5.42. The fourth-order valence-electron chi connectivity index (χ4n) is 1.66. The Morgan fingerprint density at radius 3 is 2.74 bits per heavy atom. The number of carbonyl (C=O) groups excluding carboxylic acids is 1. The molecule has 0 bridgehead atoms. The van der Waals surface area contributed by atoms with Crippen LogP contribution in [0.15, 0.2) is 18.5 Å². The van der Waals surface area contributed by atoms with Gasteiger partial charge in [0.1, 0.15) is 11.4 Å². The van der Waals surface area contributed by atoms with Crippen LogP contribution in [0.25, 0.3) is 0 Å². The van der Waals surface area contributed by atoms with E-state index in [0.29, 0.717) is 18.0 Å². The highest BCUT2D eigenvalue weighted by molar-refractivity contribution is 5.82. The molecule has 1 heterocycles. The number of rotatable bonds is 6. The van der Waals surface area contributed by atoms with Crippen molar-refractivity contribution >= 4 is 5.97 Å². The van der Waals surface area contributed by atoms with Crippen LogP contribution in [0, 0.1) is 11.7 Å². The van der Waals surface area contributed by atoms with Gasteiger partial charge in [0, 0.05) is 11.8 Å². The molecule has 0 aliphatic heterocycles. The maximum absolute atomic E-state index is 13.3. The monoisotopic (exact) mass is 268 g/mol. The van der Waals surface area contributed by atoms with E-state index in [1.807, 2.05) is 13.8 Å². The number of hydrogen-bond acceptors (Lipinski definition) is 4. The molecule has 1 unspecified atom stereocenters. The van der Waals surface area contributed by atoms with Gasteiger partial charge in [-0.15, -0.1) is 0 Å². The van der Waals surface area contributed by atoms with E-state index in [2.05, 4.69) is 10.3 Å². The van der Waals surface area contributed by atoms with Gasteiger partial charge < -0.3 is 4.74 Å². The molecule has 0 radical (unpaired) electrons. The van der Waals surface area contributed by atoms with Crippen LogP contribution in [-0.4, -0.2) is 24.1 Å².